The van der Waals surface area contributed by atoms with Crippen LogP contribution in [0.5, 0.6) is 0 Å². The van der Waals surface area contributed by atoms with E-state index < -0.39 is 10.3 Å². The van der Waals surface area contributed by atoms with Gasteiger partial charge in [-0.3, -0.25) is 9.59 Å². The van der Waals surface area contributed by atoms with Crippen molar-refractivity contribution in [3.63, 3.8) is 0 Å². The van der Waals surface area contributed by atoms with Crippen molar-refractivity contribution in [1.82, 2.24) is 0 Å². The summed E-state index contributed by atoms with van der Waals surface area (Å²) in [4.78, 5) is 24.7. The number of alkyl halides is 1. The second-order valence-corrected chi connectivity index (χ2v) is 6.17. The first-order chi connectivity index (χ1) is 8.91. The van der Waals surface area contributed by atoms with Crippen LogP contribution in [0.3, 0.4) is 0 Å². The fraction of sp³-hybridized carbons (Fsp3) is 0.467. The Morgan fingerprint density at radius 3 is 2.32 bits per heavy atom. The smallest absolute Gasteiger partial charge is 0.330 e. The van der Waals surface area contributed by atoms with Crippen molar-refractivity contribution in [2.24, 2.45) is 5.92 Å². The second kappa shape index (κ2) is 6.85. The van der Waals surface area contributed by atoms with Crippen LogP contribution in [0.15, 0.2) is 30.3 Å². The van der Waals surface area contributed by atoms with Crippen LogP contribution in [0.1, 0.15) is 37.6 Å². The largest absolute Gasteiger partial charge is 0.465 e. The van der Waals surface area contributed by atoms with Crippen LogP contribution < -0.4 is 0 Å². The zero-order chi connectivity index (χ0) is 14.5. The van der Waals surface area contributed by atoms with Crippen LogP contribution in [0.4, 0.5) is 0 Å². The summed E-state index contributed by atoms with van der Waals surface area (Å²) in [6.45, 7) is 5.92. The van der Waals surface area contributed by atoms with Gasteiger partial charge in [0.05, 0.1) is 6.61 Å². The zero-order valence-corrected chi connectivity index (χ0v) is 13.1. The third-order valence-corrected chi connectivity index (χ3v) is 3.69. The summed E-state index contributed by atoms with van der Waals surface area (Å²) < 4.78 is 3.75. The average molecular weight is 327 g/mol. The first-order valence-electron chi connectivity index (χ1n) is 6.37. The third-order valence-electron chi connectivity index (χ3n) is 2.68. The Labute approximate surface area is 122 Å². The maximum atomic E-state index is 12.6. The van der Waals surface area contributed by atoms with E-state index in [1.807, 2.05) is 19.9 Å². The molecule has 1 unspecified atom stereocenters. The van der Waals surface area contributed by atoms with Crippen molar-refractivity contribution in [3.05, 3.63) is 35.9 Å². The van der Waals surface area contributed by atoms with E-state index in [9.17, 15) is 9.59 Å². The molecule has 0 aliphatic carbocycles. The molecule has 1 aromatic rings. The number of carbonyl (C=O) groups excluding carboxylic acids is 2. The monoisotopic (exact) mass is 326 g/mol. The number of hydrogen-bond acceptors (Lipinski definition) is 3. The number of carbonyl (C=O) groups is 2. The molecule has 1 rings (SSSR count). The Kier molecular flexibility index (Phi) is 5.73. The summed E-state index contributed by atoms with van der Waals surface area (Å²) in [5, 5.41) is 0. The van der Waals surface area contributed by atoms with Gasteiger partial charge in [0.25, 0.3) is 0 Å². The number of ketones is 1. The van der Waals surface area contributed by atoms with Gasteiger partial charge in [0, 0.05) is 5.56 Å². The molecule has 1 atom stereocenters. The summed E-state index contributed by atoms with van der Waals surface area (Å²) in [5.41, 5.74) is 0.507. The molecule has 0 aliphatic rings. The Morgan fingerprint density at radius 2 is 1.84 bits per heavy atom. The molecule has 3 nitrogen and oxygen atoms in total. The van der Waals surface area contributed by atoms with Gasteiger partial charge >= 0.3 is 5.97 Å². The van der Waals surface area contributed by atoms with Crippen molar-refractivity contribution in [3.8, 4) is 0 Å². The molecule has 0 bridgehead atoms. The molecule has 1 aromatic carbocycles. The number of benzene rings is 1. The summed E-state index contributed by atoms with van der Waals surface area (Å²) in [7, 11) is 0. The van der Waals surface area contributed by atoms with Crippen LogP contribution in [-0.2, 0) is 9.53 Å². The molecule has 0 radical (unpaired) electrons. The molecule has 0 fully saturated rings. The predicted octanol–water partition coefficient (Wildman–Crippen LogP) is 3.61. The first kappa shape index (κ1) is 15.9. The maximum Gasteiger partial charge on any atom is 0.330 e. The second-order valence-electron chi connectivity index (χ2n) is 4.81. The van der Waals surface area contributed by atoms with E-state index in [1.165, 1.54) is 0 Å². The number of esters is 1. The standard InChI is InChI=1S/C15H19BrO3/c1-4-19-14(18)15(16,10-11(2)3)13(17)12-8-6-5-7-9-12/h5-9,11H,4,10H2,1-3H3. The Hall–Kier alpha value is -1.16. The summed E-state index contributed by atoms with van der Waals surface area (Å²) in [5.74, 6) is -0.575. The van der Waals surface area contributed by atoms with Crippen molar-refractivity contribution in [1.29, 1.82) is 0 Å². The molecule has 0 spiro atoms. The van der Waals surface area contributed by atoms with E-state index >= 15 is 0 Å². The lowest BCUT2D eigenvalue weighted by atomic mass is 9.89. The van der Waals surface area contributed by atoms with Crippen LogP contribution in [0, 0.1) is 5.92 Å². The minimum atomic E-state index is -1.29. The molecule has 0 aromatic heterocycles. The van der Waals surface area contributed by atoms with E-state index in [0.29, 0.717) is 12.0 Å². The average Bonchev–Trinajstić information content (AvgIpc) is 2.38. The van der Waals surface area contributed by atoms with E-state index in [0.717, 1.165) is 0 Å². The number of Topliss-reactive ketones (excluding diaryl/α,β-unsaturated/α-hetero) is 1. The molecule has 0 heterocycles. The Morgan fingerprint density at radius 1 is 1.26 bits per heavy atom. The summed E-state index contributed by atoms with van der Waals surface area (Å²) in [6, 6.07) is 8.80. The molecule has 0 N–H and O–H groups in total. The van der Waals surface area contributed by atoms with Gasteiger partial charge < -0.3 is 4.74 Å². The SMILES string of the molecule is CCOC(=O)C(Br)(CC(C)C)C(=O)c1ccccc1. The van der Waals surface area contributed by atoms with Gasteiger partial charge in [-0.05, 0) is 19.3 Å². The molecule has 0 amide bonds. The molecule has 4 heteroatoms. The fourth-order valence-electron chi connectivity index (χ4n) is 1.90. The van der Waals surface area contributed by atoms with Crippen LogP contribution >= 0.6 is 15.9 Å². The van der Waals surface area contributed by atoms with Crippen molar-refractivity contribution < 1.29 is 14.3 Å². The topological polar surface area (TPSA) is 43.4 Å². The lowest BCUT2D eigenvalue weighted by Gasteiger charge is -2.25. The molecule has 104 valence electrons. The molecular weight excluding hydrogens is 308 g/mol. The first-order valence-corrected chi connectivity index (χ1v) is 7.17. The molecule has 19 heavy (non-hydrogen) atoms. The molecular formula is C15H19BrO3. The van der Waals surface area contributed by atoms with E-state index in [-0.39, 0.29) is 18.3 Å². The van der Waals surface area contributed by atoms with Crippen molar-refractivity contribution in [2.75, 3.05) is 6.61 Å². The van der Waals surface area contributed by atoms with Crippen LogP contribution in [-0.4, -0.2) is 22.7 Å². The zero-order valence-electron chi connectivity index (χ0n) is 11.5. The highest BCUT2D eigenvalue weighted by Crippen LogP contribution is 2.32. The van der Waals surface area contributed by atoms with Crippen LogP contribution in [0.2, 0.25) is 0 Å². The lowest BCUT2D eigenvalue weighted by Crippen LogP contribution is -2.43. The van der Waals surface area contributed by atoms with Gasteiger partial charge in [0.1, 0.15) is 0 Å². The Bertz CT molecular complexity index is 442. The van der Waals surface area contributed by atoms with Crippen molar-refractivity contribution in [2.45, 2.75) is 31.5 Å². The van der Waals surface area contributed by atoms with Gasteiger partial charge in [-0.2, -0.15) is 0 Å². The van der Waals surface area contributed by atoms with Gasteiger partial charge in [-0.1, -0.05) is 60.1 Å². The van der Waals surface area contributed by atoms with Crippen LogP contribution in [0.25, 0.3) is 0 Å². The van der Waals surface area contributed by atoms with Gasteiger partial charge in [-0.15, -0.1) is 0 Å². The lowest BCUT2D eigenvalue weighted by molar-refractivity contribution is -0.144. The molecule has 0 aliphatic heterocycles. The minimum absolute atomic E-state index is 0.191. The molecule has 0 saturated carbocycles. The van der Waals surface area contributed by atoms with E-state index in [2.05, 4.69) is 15.9 Å². The van der Waals surface area contributed by atoms with Gasteiger partial charge in [-0.25, -0.2) is 0 Å². The number of rotatable bonds is 6. The number of hydrogen-bond donors (Lipinski definition) is 0. The van der Waals surface area contributed by atoms with E-state index in [1.54, 1.807) is 31.2 Å². The fourth-order valence-corrected chi connectivity index (χ4v) is 2.89. The predicted molar refractivity (Wildman–Crippen MR) is 78.5 cm³/mol. The highest BCUT2D eigenvalue weighted by atomic mass is 79.9. The molecule has 0 saturated heterocycles. The highest BCUT2D eigenvalue weighted by molar-refractivity contribution is 9.10. The minimum Gasteiger partial charge on any atom is -0.465 e. The number of halogens is 1. The van der Waals surface area contributed by atoms with Gasteiger partial charge in [0.15, 0.2) is 10.1 Å². The summed E-state index contributed by atoms with van der Waals surface area (Å²) >= 11 is 3.33. The van der Waals surface area contributed by atoms with Gasteiger partial charge in [0.2, 0.25) is 0 Å². The Balaban J connectivity index is 3.09. The highest BCUT2D eigenvalue weighted by Gasteiger charge is 2.45. The number of ether oxygens (including phenoxy) is 1. The summed E-state index contributed by atoms with van der Waals surface area (Å²) in [6.07, 6.45) is 0.402. The normalized spacial score (nSPS) is 13.9. The third kappa shape index (κ3) is 3.90. The van der Waals surface area contributed by atoms with Crippen molar-refractivity contribution >= 4 is 27.7 Å². The maximum absolute atomic E-state index is 12.6. The quantitative estimate of drug-likeness (QED) is 0.347. The van der Waals surface area contributed by atoms with E-state index in [4.69, 9.17) is 4.74 Å².